The van der Waals surface area contributed by atoms with Gasteiger partial charge >= 0.3 is 0 Å². The Morgan fingerprint density at radius 3 is 1.62 bits per heavy atom. The van der Waals surface area contributed by atoms with Crippen molar-refractivity contribution in [1.82, 2.24) is 29.7 Å². The molecule has 2 fully saturated rings. The van der Waals surface area contributed by atoms with Gasteiger partial charge in [-0.25, -0.2) is 9.97 Å². The number of methoxy groups -OCH3 is 2. The summed E-state index contributed by atoms with van der Waals surface area (Å²) in [5, 5.41) is 41.2. The van der Waals surface area contributed by atoms with Crippen LogP contribution in [0.25, 0.3) is 33.6 Å². The van der Waals surface area contributed by atoms with Crippen LogP contribution < -0.4 is 9.47 Å². The Bertz CT molecular complexity index is 1770. The van der Waals surface area contributed by atoms with Crippen LogP contribution in [0.5, 0.6) is 11.8 Å². The molecule has 2 saturated heterocycles. The molecule has 0 bridgehead atoms. The Morgan fingerprint density at radius 1 is 0.745 bits per heavy atom. The van der Waals surface area contributed by atoms with Gasteiger partial charge in [-0.1, -0.05) is 59.6 Å². The third kappa shape index (κ3) is 6.78. The zero-order valence-corrected chi connectivity index (χ0v) is 27.6. The van der Waals surface area contributed by atoms with Crippen molar-refractivity contribution in [2.24, 2.45) is 0 Å². The summed E-state index contributed by atoms with van der Waals surface area (Å²) in [6.07, 6.45) is 0.787. The zero-order chi connectivity index (χ0) is 33.5. The van der Waals surface area contributed by atoms with Gasteiger partial charge in [-0.3, -0.25) is 19.8 Å². The summed E-state index contributed by atoms with van der Waals surface area (Å²) < 4.78 is 11.1. The quantitative estimate of drug-likeness (QED) is 0.205. The number of aliphatic hydroxyl groups excluding tert-OH is 3. The molecular formula is C33H36Cl2N6O6. The molecule has 0 saturated carbocycles. The summed E-state index contributed by atoms with van der Waals surface area (Å²) in [6, 6.07) is 11.1. The number of hydrogen-bond acceptors (Lipinski definition) is 12. The van der Waals surface area contributed by atoms with Gasteiger partial charge < -0.3 is 29.9 Å². The van der Waals surface area contributed by atoms with Crippen LogP contribution in [-0.4, -0.2) is 114 Å². The van der Waals surface area contributed by atoms with Crippen LogP contribution in [0.15, 0.2) is 48.8 Å². The molecule has 0 spiro atoms. The molecule has 2 aromatic heterocycles. The highest BCUT2D eigenvalue weighted by atomic mass is 35.5. The first-order valence-electron chi connectivity index (χ1n) is 15.1. The number of likely N-dealkylation sites (tertiary alicyclic amines) is 2. The second-order valence-electron chi connectivity index (χ2n) is 12.1. The number of aliphatic hydroxyl groups is 4. The maximum Gasteiger partial charge on any atom is 0.237 e. The van der Waals surface area contributed by atoms with Crippen LogP contribution in [-0.2, 0) is 13.1 Å². The smallest absolute Gasteiger partial charge is 0.237 e. The van der Waals surface area contributed by atoms with E-state index in [0.29, 0.717) is 106 Å². The molecule has 2 aliphatic heterocycles. The Balaban J connectivity index is 1.28. The molecule has 248 valence electrons. The van der Waals surface area contributed by atoms with Crippen molar-refractivity contribution in [2.45, 2.75) is 43.9 Å². The number of β-amino-alcohol motifs (C(OH)–C–C–N with tert-alkyl or cyclic N) is 4. The van der Waals surface area contributed by atoms with Gasteiger partial charge in [-0.15, -0.1) is 0 Å². The van der Waals surface area contributed by atoms with Gasteiger partial charge in [0.2, 0.25) is 11.8 Å². The fourth-order valence-corrected chi connectivity index (χ4v) is 6.71. The predicted octanol–water partition coefficient (Wildman–Crippen LogP) is 3.06. The monoisotopic (exact) mass is 682 g/mol. The molecule has 4 aromatic rings. The average molecular weight is 684 g/mol. The fourth-order valence-electron chi connectivity index (χ4n) is 6.06. The normalized spacial score (nSPS) is 23.4. The number of halogens is 2. The lowest BCUT2D eigenvalue weighted by Crippen LogP contribution is -2.37. The van der Waals surface area contributed by atoms with Crippen molar-refractivity contribution in [1.29, 1.82) is 0 Å². The first kappa shape index (κ1) is 33.4. The van der Waals surface area contributed by atoms with Crippen molar-refractivity contribution in [3.05, 3.63) is 70.2 Å². The third-order valence-electron chi connectivity index (χ3n) is 8.62. The maximum absolute atomic E-state index is 10.4. The SMILES string of the molecule is COc1nc(-c2cccc(-c3cccc(-c4cnc(CN5C[C@H](O)C(C)(O)C5)c(OC)n4)c3Cl)c2Cl)cnc1CN1C[C@H](O)[C@@H](O)C1. The standard InChI is InChI=1S/C33H36Cl2N6O6/c1-33(45)17-41(16-28(33)44)13-25-32(47-3)39-23(11-37-25)21-9-5-7-19(30(21)35)18-6-4-8-20(29(18)34)22-10-36-24(31(38-22)46-2)12-40-14-26(42)27(43)15-40/h4-11,26-28,42-45H,12-17H2,1-3H3/t26-,27-,28-,33?/m0/s1. The van der Waals surface area contributed by atoms with Gasteiger partial charge in [0, 0.05) is 61.5 Å². The van der Waals surface area contributed by atoms with Gasteiger partial charge in [-0.2, -0.15) is 0 Å². The Hall–Kier alpha value is -3.46. The van der Waals surface area contributed by atoms with E-state index in [-0.39, 0.29) is 0 Å². The Labute approximate surface area is 282 Å². The van der Waals surface area contributed by atoms with Crippen LogP contribution in [0.4, 0.5) is 0 Å². The summed E-state index contributed by atoms with van der Waals surface area (Å²) in [5.74, 6) is 0.639. The zero-order valence-electron chi connectivity index (χ0n) is 26.1. The predicted molar refractivity (Wildman–Crippen MR) is 176 cm³/mol. The molecule has 1 unspecified atom stereocenters. The number of ether oxygens (including phenoxy) is 2. The highest BCUT2D eigenvalue weighted by Gasteiger charge is 2.40. The summed E-state index contributed by atoms with van der Waals surface area (Å²) >= 11 is 14.0. The van der Waals surface area contributed by atoms with Crippen LogP contribution in [0, 0.1) is 0 Å². The average Bonchev–Trinajstić information content (AvgIpc) is 3.51. The van der Waals surface area contributed by atoms with E-state index in [9.17, 15) is 20.4 Å². The van der Waals surface area contributed by atoms with Crippen LogP contribution in [0.1, 0.15) is 18.3 Å². The van der Waals surface area contributed by atoms with E-state index >= 15 is 0 Å². The molecular weight excluding hydrogens is 647 g/mol. The van der Waals surface area contributed by atoms with Crippen LogP contribution in [0.3, 0.4) is 0 Å². The highest BCUT2D eigenvalue weighted by molar-refractivity contribution is 6.39. The van der Waals surface area contributed by atoms with E-state index in [4.69, 9.17) is 37.7 Å². The number of aromatic nitrogens is 4. The van der Waals surface area contributed by atoms with E-state index in [0.717, 1.165) is 0 Å². The van der Waals surface area contributed by atoms with E-state index in [2.05, 4.69) is 15.0 Å². The molecule has 4 heterocycles. The van der Waals surface area contributed by atoms with Gasteiger partial charge in [0.05, 0.1) is 66.4 Å². The van der Waals surface area contributed by atoms with E-state index < -0.39 is 23.9 Å². The molecule has 0 amide bonds. The van der Waals surface area contributed by atoms with Gasteiger partial charge in [-0.05, 0) is 6.92 Å². The van der Waals surface area contributed by atoms with Crippen LogP contribution >= 0.6 is 23.2 Å². The largest absolute Gasteiger partial charge is 0.480 e. The summed E-state index contributed by atoms with van der Waals surface area (Å²) in [4.78, 5) is 22.4. The van der Waals surface area contributed by atoms with E-state index in [1.165, 1.54) is 14.2 Å². The summed E-state index contributed by atoms with van der Waals surface area (Å²) in [6.45, 7) is 3.58. The van der Waals surface area contributed by atoms with Crippen LogP contribution in [0.2, 0.25) is 10.0 Å². The minimum atomic E-state index is -1.20. The van der Waals surface area contributed by atoms with Gasteiger partial charge in [0.15, 0.2) is 0 Å². The molecule has 12 nitrogen and oxygen atoms in total. The molecule has 0 radical (unpaired) electrons. The lowest BCUT2D eigenvalue weighted by atomic mass is 9.98. The minimum absolute atomic E-state index is 0.297. The van der Waals surface area contributed by atoms with E-state index in [1.807, 2.05) is 46.2 Å². The molecule has 6 rings (SSSR count). The minimum Gasteiger partial charge on any atom is -0.480 e. The first-order valence-corrected chi connectivity index (χ1v) is 15.8. The lowest BCUT2D eigenvalue weighted by Gasteiger charge is -2.20. The lowest BCUT2D eigenvalue weighted by molar-refractivity contribution is -0.0256. The molecule has 2 aliphatic rings. The number of nitrogens with zero attached hydrogens (tertiary/aromatic N) is 6. The third-order valence-corrected chi connectivity index (χ3v) is 9.44. The van der Waals surface area contributed by atoms with Crippen molar-refractivity contribution in [2.75, 3.05) is 40.4 Å². The van der Waals surface area contributed by atoms with Gasteiger partial charge in [0.25, 0.3) is 0 Å². The molecule has 4 atom stereocenters. The Kier molecular flexibility index (Phi) is 9.66. The summed E-state index contributed by atoms with van der Waals surface area (Å²) in [5.41, 5.74) is 3.58. The molecule has 14 heteroatoms. The molecule has 0 aliphatic carbocycles. The number of hydrogen-bond donors (Lipinski definition) is 4. The first-order chi connectivity index (χ1) is 22.5. The Morgan fingerprint density at radius 2 is 1.19 bits per heavy atom. The maximum atomic E-state index is 10.4. The van der Waals surface area contributed by atoms with Crippen molar-refractivity contribution >= 4 is 23.2 Å². The molecule has 47 heavy (non-hydrogen) atoms. The number of rotatable bonds is 9. The van der Waals surface area contributed by atoms with Gasteiger partial charge in [0.1, 0.15) is 17.0 Å². The molecule has 4 N–H and O–H groups in total. The topological polar surface area (TPSA) is 157 Å². The second kappa shape index (κ2) is 13.6. The molecule has 2 aromatic carbocycles. The number of benzene rings is 2. The van der Waals surface area contributed by atoms with E-state index in [1.54, 1.807) is 19.3 Å². The highest BCUT2D eigenvalue weighted by Crippen LogP contribution is 2.42. The summed E-state index contributed by atoms with van der Waals surface area (Å²) in [7, 11) is 3.03. The van der Waals surface area contributed by atoms with Crippen molar-refractivity contribution < 1.29 is 29.9 Å². The van der Waals surface area contributed by atoms with Crippen molar-refractivity contribution in [3.63, 3.8) is 0 Å². The van der Waals surface area contributed by atoms with Crippen molar-refractivity contribution in [3.8, 4) is 45.4 Å². The fraction of sp³-hybridized carbons (Fsp3) is 0.394. The second-order valence-corrected chi connectivity index (χ2v) is 12.9.